The topological polar surface area (TPSA) is 38.7 Å². The fourth-order valence-electron chi connectivity index (χ4n) is 1.78. The van der Waals surface area contributed by atoms with Crippen LogP contribution in [0.5, 0.6) is 11.5 Å². The van der Waals surface area contributed by atoms with Gasteiger partial charge in [0.1, 0.15) is 0 Å². The van der Waals surface area contributed by atoms with Crippen molar-refractivity contribution in [3.8, 4) is 11.5 Å². The fraction of sp³-hybridized carbons (Fsp3) is 0.538. The first-order valence-corrected chi connectivity index (χ1v) is 5.56. The van der Waals surface area contributed by atoms with E-state index in [1.165, 1.54) is 0 Å². The lowest BCUT2D eigenvalue weighted by atomic mass is 9.88. The molecule has 0 aromatic heterocycles. The molecule has 3 nitrogen and oxygen atoms in total. The number of benzene rings is 1. The summed E-state index contributed by atoms with van der Waals surface area (Å²) in [5.41, 5.74) is 0.0923. The minimum Gasteiger partial charge on any atom is -0.493 e. The monoisotopic (exact) mass is 224 g/mol. The quantitative estimate of drug-likeness (QED) is 0.835. The molecule has 0 saturated carbocycles. The van der Waals surface area contributed by atoms with E-state index in [9.17, 15) is 5.11 Å². The van der Waals surface area contributed by atoms with Crippen molar-refractivity contribution in [2.75, 3.05) is 14.2 Å². The van der Waals surface area contributed by atoms with Crippen LogP contribution in [0, 0.1) is 0 Å². The zero-order valence-electron chi connectivity index (χ0n) is 10.4. The van der Waals surface area contributed by atoms with Gasteiger partial charge in [-0.05, 0) is 30.5 Å². The van der Waals surface area contributed by atoms with E-state index < -0.39 is 5.60 Å². The molecule has 90 valence electrons. The first-order chi connectivity index (χ1) is 7.61. The van der Waals surface area contributed by atoms with Gasteiger partial charge in [-0.3, -0.25) is 0 Å². The Balaban J connectivity index is 3.16. The Labute approximate surface area is 97.0 Å². The van der Waals surface area contributed by atoms with Crippen LogP contribution in [0.1, 0.15) is 32.3 Å². The summed E-state index contributed by atoms with van der Waals surface area (Å²) in [6.45, 7) is 3.94. The van der Waals surface area contributed by atoms with Crippen LogP contribution in [-0.4, -0.2) is 19.3 Å². The Bertz CT molecular complexity index is 343. The molecular formula is C13H20O3. The predicted octanol–water partition coefficient (Wildman–Crippen LogP) is 2.71. The number of ether oxygens (including phenoxy) is 2. The Morgan fingerprint density at radius 3 is 2.06 bits per heavy atom. The molecule has 0 bridgehead atoms. The average Bonchev–Trinajstić information content (AvgIpc) is 2.36. The number of aliphatic hydroxyl groups is 1. The minimum atomic E-state index is -0.778. The molecule has 0 heterocycles. The molecule has 1 aromatic carbocycles. The third-order valence-corrected chi connectivity index (χ3v) is 3.09. The molecule has 0 aliphatic carbocycles. The Morgan fingerprint density at radius 2 is 1.62 bits per heavy atom. The van der Waals surface area contributed by atoms with Gasteiger partial charge in [0, 0.05) is 0 Å². The molecule has 16 heavy (non-hydrogen) atoms. The van der Waals surface area contributed by atoms with Crippen molar-refractivity contribution in [1.29, 1.82) is 0 Å². The SMILES string of the molecule is CCC(O)(CC)c1ccc(OC)c(OC)c1. The van der Waals surface area contributed by atoms with Crippen LogP contribution in [0.25, 0.3) is 0 Å². The molecule has 1 rings (SSSR count). The minimum absolute atomic E-state index is 0.653. The van der Waals surface area contributed by atoms with Crippen molar-refractivity contribution < 1.29 is 14.6 Å². The molecule has 0 unspecified atom stereocenters. The van der Waals surface area contributed by atoms with Crippen molar-refractivity contribution in [3.05, 3.63) is 23.8 Å². The standard InChI is InChI=1S/C13H20O3/c1-5-13(14,6-2)10-7-8-11(15-3)12(9-10)16-4/h7-9,14H,5-6H2,1-4H3. The maximum atomic E-state index is 10.4. The first kappa shape index (κ1) is 12.8. The van der Waals surface area contributed by atoms with E-state index in [2.05, 4.69) is 0 Å². The summed E-state index contributed by atoms with van der Waals surface area (Å²) < 4.78 is 10.4. The first-order valence-electron chi connectivity index (χ1n) is 5.56. The third kappa shape index (κ3) is 2.30. The predicted molar refractivity (Wildman–Crippen MR) is 64.0 cm³/mol. The zero-order chi connectivity index (χ0) is 12.2. The van der Waals surface area contributed by atoms with Gasteiger partial charge in [-0.2, -0.15) is 0 Å². The summed E-state index contributed by atoms with van der Waals surface area (Å²) in [7, 11) is 3.20. The number of methoxy groups -OCH3 is 2. The summed E-state index contributed by atoms with van der Waals surface area (Å²) in [6, 6.07) is 5.55. The van der Waals surface area contributed by atoms with E-state index in [0.717, 1.165) is 5.56 Å². The summed E-state index contributed by atoms with van der Waals surface area (Å²) >= 11 is 0. The molecule has 0 amide bonds. The van der Waals surface area contributed by atoms with E-state index in [0.29, 0.717) is 24.3 Å². The van der Waals surface area contributed by atoms with Crippen LogP contribution in [-0.2, 0) is 5.60 Å². The lowest BCUT2D eigenvalue weighted by molar-refractivity contribution is 0.0281. The fourth-order valence-corrected chi connectivity index (χ4v) is 1.78. The third-order valence-electron chi connectivity index (χ3n) is 3.09. The van der Waals surface area contributed by atoms with Gasteiger partial charge in [-0.1, -0.05) is 19.9 Å². The molecule has 0 spiro atoms. The molecule has 1 N–H and O–H groups in total. The van der Waals surface area contributed by atoms with Crippen LogP contribution < -0.4 is 9.47 Å². The van der Waals surface area contributed by atoms with E-state index in [4.69, 9.17) is 9.47 Å². The summed E-state index contributed by atoms with van der Waals surface area (Å²) in [6.07, 6.45) is 1.36. The van der Waals surface area contributed by atoms with Crippen LogP contribution >= 0.6 is 0 Å². The number of rotatable bonds is 5. The highest BCUT2D eigenvalue weighted by molar-refractivity contribution is 5.44. The number of hydrogen-bond acceptors (Lipinski definition) is 3. The average molecular weight is 224 g/mol. The smallest absolute Gasteiger partial charge is 0.161 e. The largest absolute Gasteiger partial charge is 0.493 e. The van der Waals surface area contributed by atoms with Crippen LogP contribution in [0.3, 0.4) is 0 Å². The van der Waals surface area contributed by atoms with Gasteiger partial charge in [0.2, 0.25) is 0 Å². The molecule has 0 fully saturated rings. The zero-order valence-corrected chi connectivity index (χ0v) is 10.4. The molecule has 0 aliphatic rings. The lowest BCUT2D eigenvalue weighted by Crippen LogP contribution is -2.23. The molecule has 0 saturated heterocycles. The Hall–Kier alpha value is -1.22. The van der Waals surface area contributed by atoms with E-state index >= 15 is 0 Å². The normalized spacial score (nSPS) is 11.3. The second kappa shape index (κ2) is 5.21. The highest BCUT2D eigenvalue weighted by Crippen LogP contribution is 2.35. The van der Waals surface area contributed by atoms with Crippen LogP contribution in [0.15, 0.2) is 18.2 Å². The van der Waals surface area contributed by atoms with Gasteiger partial charge in [0.15, 0.2) is 11.5 Å². The lowest BCUT2D eigenvalue weighted by Gasteiger charge is -2.26. The second-order valence-corrected chi connectivity index (χ2v) is 3.81. The Kier molecular flexibility index (Phi) is 4.19. The highest BCUT2D eigenvalue weighted by atomic mass is 16.5. The van der Waals surface area contributed by atoms with Gasteiger partial charge in [-0.15, -0.1) is 0 Å². The maximum Gasteiger partial charge on any atom is 0.161 e. The van der Waals surface area contributed by atoms with Gasteiger partial charge >= 0.3 is 0 Å². The van der Waals surface area contributed by atoms with Crippen molar-refractivity contribution in [3.63, 3.8) is 0 Å². The van der Waals surface area contributed by atoms with Crippen LogP contribution in [0.2, 0.25) is 0 Å². The van der Waals surface area contributed by atoms with Gasteiger partial charge in [-0.25, -0.2) is 0 Å². The maximum absolute atomic E-state index is 10.4. The van der Waals surface area contributed by atoms with Crippen molar-refractivity contribution in [1.82, 2.24) is 0 Å². The molecule has 0 aliphatic heterocycles. The summed E-state index contributed by atoms with van der Waals surface area (Å²) in [5.74, 6) is 1.33. The van der Waals surface area contributed by atoms with Crippen molar-refractivity contribution in [2.45, 2.75) is 32.3 Å². The molecule has 1 aromatic rings. The number of hydrogen-bond donors (Lipinski definition) is 1. The van der Waals surface area contributed by atoms with E-state index in [-0.39, 0.29) is 0 Å². The molecule has 3 heteroatoms. The van der Waals surface area contributed by atoms with Crippen molar-refractivity contribution in [2.24, 2.45) is 0 Å². The van der Waals surface area contributed by atoms with Crippen LogP contribution in [0.4, 0.5) is 0 Å². The summed E-state index contributed by atoms with van der Waals surface area (Å²) in [4.78, 5) is 0. The van der Waals surface area contributed by atoms with Gasteiger partial charge < -0.3 is 14.6 Å². The Morgan fingerprint density at radius 1 is 1.06 bits per heavy atom. The second-order valence-electron chi connectivity index (χ2n) is 3.81. The molecule has 0 atom stereocenters. The van der Waals surface area contributed by atoms with Gasteiger partial charge in [0.05, 0.1) is 19.8 Å². The van der Waals surface area contributed by atoms with Gasteiger partial charge in [0.25, 0.3) is 0 Å². The van der Waals surface area contributed by atoms with E-state index in [1.807, 2.05) is 32.0 Å². The van der Waals surface area contributed by atoms with E-state index in [1.54, 1.807) is 14.2 Å². The molecule has 0 radical (unpaired) electrons. The molecular weight excluding hydrogens is 204 g/mol. The highest BCUT2D eigenvalue weighted by Gasteiger charge is 2.25. The summed E-state index contributed by atoms with van der Waals surface area (Å²) in [5, 5.41) is 10.4. The van der Waals surface area contributed by atoms with Crippen molar-refractivity contribution >= 4 is 0 Å².